The van der Waals surface area contributed by atoms with Gasteiger partial charge in [0.1, 0.15) is 10.8 Å². The molecule has 0 fully saturated rings. The normalized spacial score (nSPS) is 13.0. The third-order valence-electron chi connectivity index (χ3n) is 2.87. The van der Waals surface area contributed by atoms with Crippen LogP contribution in [-0.2, 0) is 6.54 Å². The Balaban J connectivity index is 2.18. The van der Waals surface area contributed by atoms with E-state index in [1.807, 2.05) is 30.6 Å². The molecule has 3 rings (SSSR count). The quantitative estimate of drug-likeness (QED) is 0.642. The average molecular weight is 357 g/mol. The molecule has 2 heterocycles. The Hall–Kier alpha value is -0.910. The predicted molar refractivity (Wildman–Crippen MR) is 82.9 cm³/mol. The fraction of sp³-hybridized carbons (Fsp3) is 0.231. The predicted octanol–water partition coefficient (Wildman–Crippen LogP) is 4.60. The van der Waals surface area contributed by atoms with Crippen LogP contribution in [-0.4, -0.2) is 14.5 Å². The first-order valence-electron chi connectivity index (χ1n) is 5.83. The van der Waals surface area contributed by atoms with E-state index >= 15 is 0 Å². The minimum absolute atomic E-state index is 0.133. The lowest BCUT2D eigenvalue weighted by Gasteiger charge is -2.08. The second-order valence-electron chi connectivity index (χ2n) is 4.23. The molecule has 1 atom stereocenters. The lowest BCUT2D eigenvalue weighted by Crippen LogP contribution is -2.05. The first-order chi connectivity index (χ1) is 9.15. The van der Waals surface area contributed by atoms with E-state index in [1.165, 1.54) is 0 Å². The van der Waals surface area contributed by atoms with Crippen LogP contribution < -0.4 is 0 Å². The number of nitrogens with zero attached hydrogens (tertiary/aromatic N) is 3. The molecule has 0 saturated carbocycles. The van der Waals surface area contributed by atoms with Crippen LogP contribution in [0.3, 0.4) is 0 Å². The molecule has 3 aromatic rings. The molecule has 0 bridgehead atoms. The first-order valence-corrected chi connectivity index (χ1v) is 7.94. The number of fused-ring (bicyclic) bond motifs is 1. The van der Waals surface area contributed by atoms with Gasteiger partial charge < -0.3 is 4.57 Å². The van der Waals surface area contributed by atoms with E-state index in [9.17, 15) is 0 Å². The Morgan fingerprint density at radius 1 is 1.47 bits per heavy atom. The van der Waals surface area contributed by atoms with Crippen molar-refractivity contribution in [2.45, 2.75) is 18.8 Å². The molecule has 0 saturated heterocycles. The van der Waals surface area contributed by atoms with Gasteiger partial charge in [0.05, 0.1) is 23.0 Å². The standard InChI is InChI=1S/C13H11BrClN3S/c1-8(15)13-17-10-3-2-9(14)6-11(10)18(13)7-12-16-4-5-19-12/h2-6,8H,7H2,1H3. The van der Waals surface area contributed by atoms with Gasteiger partial charge in [0.2, 0.25) is 0 Å². The van der Waals surface area contributed by atoms with Crippen molar-refractivity contribution in [3.05, 3.63) is 45.1 Å². The fourth-order valence-corrected chi connectivity index (χ4v) is 3.17. The minimum atomic E-state index is -0.133. The Kier molecular flexibility index (Phi) is 3.60. The van der Waals surface area contributed by atoms with Crippen LogP contribution in [0.25, 0.3) is 11.0 Å². The third-order valence-corrected chi connectivity index (χ3v) is 4.33. The molecule has 3 nitrogen and oxygen atoms in total. The number of hydrogen-bond donors (Lipinski definition) is 0. The van der Waals surface area contributed by atoms with Gasteiger partial charge in [-0.15, -0.1) is 22.9 Å². The van der Waals surface area contributed by atoms with Crippen LogP contribution >= 0.6 is 38.9 Å². The Morgan fingerprint density at radius 3 is 3.00 bits per heavy atom. The van der Waals surface area contributed by atoms with Gasteiger partial charge in [0, 0.05) is 16.0 Å². The van der Waals surface area contributed by atoms with Crippen LogP contribution in [0.15, 0.2) is 34.2 Å². The molecular weight excluding hydrogens is 346 g/mol. The maximum atomic E-state index is 6.25. The maximum absolute atomic E-state index is 6.25. The molecule has 0 amide bonds. The van der Waals surface area contributed by atoms with E-state index < -0.39 is 0 Å². The Labute approximate surface area is 128 Å². The first kappa shape index (κ1) is 13.1. The van der Waals surface area contributed by atoms with Gasteiger partial charge in [0.15, 0.2) is 0 Å². The molecule has 0 aliphatic heterocycles. The fourth-order valence-electron chi connectivity index (χ4n) is 2.05. The number of benzene rings is 1. The highest BCUT2D eigenvalue weighted by atomic mass is 79.9. The van der Waals surface area contributed by atoms with Crippen molar-refractivity contribution in [3.8, 4) is 0 Å². The van der Waals surface area contributed by atoms with Gasteiger partial charge in [-0.05, 0) is 25.1 Å². The molecule has 19 heavy (non-hydrogen) atoms. The molecule has 6 heteroatoms. The summed E-state index contributed by atoms with van der Waals surface area (Å²) in [6, 6.07) is 6.06. The lowest BCUT2D eigenvalue weighted by molar-refractivity contribution is 0.738. The molecular formula is C13H11BrClN3S. The molecule has 0 radical (unpaired) electrons. The summed E-state index contributed by atoms with van der Waals surface area (Å²) in [5, 5.41) is 2.90. The summed E-state index contributed by atoms with van der Waals surface area (Å²) >= 11 is 11.4. The van der Waals surface area contributed by atoms with Crippen molar-refractivity contribution < 1.29 is 0 Å². The maximum Gasteiger partial charge on any atom is 0.128 e. The number of hydrogen-bond acceptors (Lipinski definition) is 3. The van der Waals surface area contributed by atoms with Gasteiger partial charge in [-0.1, -0.05) is 15.9 Å². The molecule has 1 unspecified atom stereocenters. The molecule has 98 valence electrons. The highest BCUT2D eigenvalue weighted by Gasteiger charge is 2.16. The van der Waals surface area contributed by atoms with E-state index in [0.29, 0.717) is 6.54 Å². The highest BCUT2D eigenvalue weighted by Crippen LogP contribution is 2.27. The summed E-state index contributed by atoms with van der Waals surface area (Å²) in [5.41, 5.74) is 2.04. The van der Waals surface area contributed by atoms with Gasteiger partial charge in [-0.2, -0.15) is 0 Å². The van der Waals surface area contributed by atoms with Crippen LogP contribution in [0.4, 0.5) is 0 Å². The monoisotopic (exact) mass is 355 g/mol. The summed E-state index contributed by atoms with van der Waals surface area (Å²) in [5.74, 6) is 0.880. The van der Waals surface area contributed by atoms with Crippen LogP contribution in [0.2, 0.25) is 0 Å². The van der Waals surface area contributed by atoms with Crippen LogP contribution in [0.5, 0.6) is 0 Å². The number of rotatable bonds is 3. The van der Waals surface area contributed by atoms with E-state index in [1.54, 1.807) is 11.3 Å². The van der Waals surface area contributed by atoms with Gasteiger partial charge in [-0.3, -0.25) is 0 Å². The van der Waals surface area contributed by atoms with E-state index in [2.05, 4.69) is 36.5 Å². The van der Waals surface area contributed by atoms with Crippen LogP contribution in [0.1, 0.15) is 23.1 Å². The zero-order valence-corrected chi connectivity index (χ0v) is 13.3. The number of alkyl halides is 1. The van der Waals surface area contributed by atoms with Crippen molar-refractivity contribution >= 4 is 49.9 Å². The number of imidazole rings is 1. The molecule has 2 aromatic heterocycles. The van der Waals surface area contributed by atoms with Crippen molar-refractivity contribution in [1.82, 2.24) is 14.5 Å². The van der Waals surface area contributed by atoms with E-state index in [0.717, 1.165) is 26.3 Å². The van der Waals surface area contributed by atoms with E-state index in [-0.39, 0.29) is 5.38 Å². The van der Waals surface area contributed by atoms with Gasteiger partial charge in [-0.25, -0.2) is 9.97 Å². The summed E-state index contributed by atoms with van der Waals surface area (Å²) in [4.78, 5) is 8.96. The van der Waals surface area contributed by atoms with Gasteiger partial charge in [0.25, 0.3) is 0 Å². The third kappa shape index (κ3) is 2.55. The van der Waals surface area contributed by atoms with Crippen LogP contribution in [0, 0.1) is 0 Å². The average Bonchev–Trinajstić information content (AvgIpc) is 2.98. The zero-order chi connectivity index (χ0) is 13.4. The van der Waals surface area contributed by atoms with Crippen molar-refractivity contribution in [2.24, 2.45) is 0 Å². The smallest absolute Gasteiger partial charge is 0.128 e. The number of halogens is 2. The topological polar surface area (TPSA) is 30.7 Å². The van der Waals surface area contributed by atoms with E-state index in [4.69, 9.17) is 11.6 Å². The highest BCUT2D eigenvalue weighted by molar-refractivity contribution is 9.10. The largest absolute Gasteiger partial charge is 0.320 e. The molecule has 0 N–H and O–H groups in total. The summed E-state index contributed by atoms with van der Waals surface area (Å²) in [6.45, 7) is 2.65. The van der Waals surface area contributed by atoms with Crippen molar-refractivity contribution in [2.75, 3.05) is 0 Å². The zero-order valence-electron chi connectivity index (χ0n) is 10.2. The lowest BCUT2D eigenvalue weighted by atomic mass is 10.3. The Bertz CT molecular complexity index is 706. The summed E-state index contributed by atoms with van der Waals surface area (Å²) in [7, 11) is 0. The molecule has 0 aliphatic carbocycles. The molecule has 0 aliphatic rings. The van der Waals surface area contributed by atoms with Gasteiger partial charge >= 0.3 is 0 Å². The second kappa shape index (κ2) is 5.23. The van der Waals surface area contributed by atoms with Crippen molar-refractivity contribution in [3.63, 3.8) is 0 Å². The van der Waals surface area contributed by atoms with Crippen molar-refractivity contribution in [1.29, 1.82) is 0 Å². The SMILES string of the molecule is CC(Cl)c1nc2ccc(Br)cc2n1Cc1nccs1. The molecule has 1 aromatic carbocycles. The second-order valence-corrected chi connectivity index (χ2v) is 6.78. The minimum Gasteiger partial charge on any atom is -0.320 e. The summed E-state index contributed by atoms with van der Waals surface area (Å²) in [6.07, 6.45) is 1.82. The summed E-state index contributed by atoms with van der Waals surface area (Å²) < 4.78 is 3.17. The Morgan fingerprint density at radius 2 is 2.32 bits per heavy atom. The number of aromatic nitrogens is 3. The number of thiazole rings is 1. The molecule has 0 spiro atoms.